The van der Waals surface area contributed by atoms with Gasteiger partial charge in [-0.2, -0.15) is 0 Å². The van der Waals surface area contributed by atoms with Gasteiger partial charge in [0.05, 0.1) is 0 Å². The lowest BCUT2D eigenvalue weighted by Gasteiger charge is -2.25. The maximum Gasteiger partial charge on any atom is 0.138 e. The predicted octanol–water partition coefficient (Wildman–Crippen LogP) is 4.22. The van der Waals surface area contributed by atoms with Gasteiger partial charge in [0.25, 0.3) is 0 Å². The van der Waals surface area contributed by atoms with Gasteiger partial charge in [-0.15, -0.1) is 0 Å². The van der Waals surface area contributed by atoms with E-state index in [1.165, 1.54) is 12.8 Å². The van der Waals surface area contributed by atoms with Crippen molar-refractivity contribution in [3.63, 3.8) is 0 Å². The summed E-state index contributed by atoms with van der Waals surface area (Å²) in [4.78, 5) is 11.8. The van der Waals surface area contributed by atoms with Crippen molar-refractivity contribution in [3.05, 3.63) is 11.9 Å². The number of nitrogens with zero attached hydrogens (tertiary/aromatic N) is 3. The smallest absolute Gasteiger partial charge is 0.138 e. The Morgan fingerprint density at radius 2 is 1.81 bits per heavy atom. The van der Waals surface area contributed by atoms with E-state index in [9.17, 15) is 0 Å². The van der Waals surface area contributed by atoms with Gasteiger partial charge in [0, 0.05) is 31.1 Å². The molecule has 21 heavy (non-hydrogen) atoms. The van der Waals surface area contributed by atoms with Gasteiger partial charge >= 0.3 is 0 Å². The zero-order chi connectivity index (χ0) is 15.9. The molecular formula is C17H32N4. The second-order valence-corrected chi connectivity index (χ2v) is 6.54. The van der Waals surface area contributed by atoms with Crippen LogP contribution in [0.15, 0.2) is 6.07 Å². The minimum Gasteiger partial charge on any atom is -0.370 e. The Morgan fingerprint density at radius 3 is 2.33 bits per heavy atom. The lowest BCUT2D eigenvalue weighted by molar-refractivity contribution is 0.544. The SMILES string of the molecule is CCCCN(CC)c1cc(NCCC)nc(C(C)(C)C)n1. The topological polar surface area (TPSA) is 41.0 Å². The van der Waals surface area contributed by atoms with Crippen molar-refractivity contribution >= 4 is 11.6 Å². The monoisotopic (exact) mass is 292 g/mol. The third kappa shape index (κ3) is 5.52. The van der Waals surface area contributed by atoms with Crippen LogP contribution in [-0.4, -0.2) is 29.6 Å². The molecule has 1 aromatic heterocycles. The number of aromatic nitrogens is 2. The van der Waals surface area contributed by atoms with Crippen LogP contribution in [0.5, 0.6) is 0 Å². The van der Waals surface area contributed by atoms with Gasteiger partial charge in [-0.3, -0.25) is 0 Å². The molecule has 0 spiro atoms. The second-order valence-electron chi connectivity index (χ2n) is 6.54. The molecule has 0 amide bonds. The van der Waals surface area contributed by atoms with Crippen LogP contribution in [0.2, 0.25) is 0 Å². The van der Waals surface area contributed by atoms with Gasteiger partial charge in [-0.05, 0) is 19.8 Å². The summed E-state index contributed by atoms with van der Waals surface area (Å²) in [6, 6.07) is 2.09. The lowest BCUT2D eigenvalue weighted by atomic mass is 9.96. The third-order valence-electron chi connectivity index (χ3n) is 3.43. The Labute approximate surface area is 130 Å². The normalized spacial score (nSPS) is 11.5. The highest BCUT2D eigenvalue weighted by atomic mass is 15.2. The zero-order valence-corrected chi connectivity index (χ0v) is 14.7. The zero-order valence-electron chi connectivity index (χ0n) is 14.7. The molecule has 0 saturated heterocycles. The Bertz CT molecular complexity index is 423. The molecule has 0 radical (unpaired) electrons. The molecule has 1 rings (SSSR count). The molecule has 1 heterocycles. The summed E-state index contributed by atoms with van der Waals surface area (Å²) in [5.74, 6) is 2.90. The van der Waals surface area contributed by atoms with Crippen LogP contribution in [0.1, 0.15) is 66.6 Å². The molecule has 0 atom stereocenters. The quantitative estimate of drug-likeness (QED) is 0.779. The van der Waals surface area contributed by atoms with E-state index in [1.807, 2.05) is 0 Å². The molecule has 0 bridgehead atoms. The van der Waals surface area contributed by atoms with Crippen LogP contribution in [-0.2, 0) is 5.41 Å². The van der Waals surface area contributed by atoms with Gasteiger partial charge in [0.1, 0.15) is 17.5 Å². The second kappa shape index (κ2) is 8.20. The summed E-state index contributed by atoms with van der Waals surface area (Å²) in [6.45, 7) is 16.1. The number of anilines is 2. The van der Waals surface area contributed by atoms with E-state index in [0.29, 0.717) is 0 Å². The summed E-state index contributed by atoms with van der Waals surface area (Å²) in [6.07, 6.45) is 3.49. The molecule has 0 fully saturated rings. The highest BCUT2D eigenvalue weighted by Crippen LogP contribution is 2.24. The van der Waals surface area contributed by atoms with Gasteiger partial charge in [0.15, 0.2) is 0 Å². The van der Waals surface area contributed by atoms with Gasteiger partial charge in [-0.25, -0.2) is 9.97 Å². The van der Waals surface area contributed by atoms with Crippen LogP contribution in [0.4, 0.5) is 11.6 Å². The molecule has 4 nitrogen and oxygen atoms in total. The van der Waals surface area contributed by atoms with E-state index in [4.69, 9.17) is 9.97 Å². The summed E-state index contributed by atoms with van der Waals surface area (Å²) in [7, 11) is 0. The molecule has 1 N–H and O–H groups in total. The van der Waals surface area contributed by atoms with Crippen molar-refractivity contribution in [1.82, 2.24) is 9.97 Å². The number of unbranched alkanes of at least 4 members (excludes halogenated alkanes) is 1. The Morgan fingerprint density at radius 1 is 1.10 bits per heavy atom. The molecule has 0 aliphatic heterocycles. The van der Waals surface area contributed by atoms with E-state index in [0.717, 1.165) is 43.5 Å². The first-order chi connectivity index (χ1) is 9.92. The van der Waals surface area contributed by atoms with Crippen LogP contribution < -0.4 is 10.2 Å². The minimum atomic E-state index is -0.0389. The van der Waals surface area contributed by atoms with Crippen molar-refractivity contribution in [2.24, 2.45) is 0 Å². The van der Waals surface area contributed by atoms with Crippen molar-refractivity contribution in [1.29, 1.82) is 0 Å². The van der Waals surface area contributed by atoms with Gasteiger partial charge in [-0.1, -0.05) is 41.0 Å². The maximum absolute atomic E-state index is 4.81. The lowest BCUT2D eigenvalue weighted by Crippen LogP contribution is -2.27. The number of hydrogen-bond donors (Lipinski definition) is 1. The molecule has 0 aliphatic rings. The first-order valence-corrected chi connectivity index (χ1v) is 8.30. The third-order valence-corrected chi connectivity index (χ3v) is 3.43. The average molecular weight is 292 g/mol. The van der Waals surface area contributed by atoms with E-state index < -0.39 is 0 Å². The highest BCUT2D eigenvalue weighted by Gasteiger charge is 2.20. The van der Waals surface area contributed by atoms with Crippen LogP contribution in [0.25, 0.3) is 0 Å². The first-order valence-electron chi connectivity index (χ1n) is 8.30. The largest absolute Gasteiger partial charge is 0.370 e. The van der Waals surface area contributed by atoms with Crippen molar-refractivity contribution < 1.29 is 0 Å². The fraction of sp³-hybridized carbons (Fsp3) is 0.765. The minimum absolute atomic E-state index is 0.0389. The molecule has 120 valence electrons. The summed E-state index contributed by atoms with van der Waals surface area (Å²) >= 11 is 0. The van der Waals surface area contributed by atoms with E-state index in [1.54, 1.807) is 0 Å². The maximum atomic E-state index is 4.81. The molecular weight excluding hydrogens is 260 g/mol. The molecule has 0 unspecified atom stereocenters. The highest BCUT2D eigenvalue weighted by molar-refractivity contribution is 5.50. The number of nitrogens with one attached hydrogen (secondary N) is 1. The standard InChI is InChI=1S/C17H32N4/c1-7-10-12-21(9-3)15-13-14(18-11-8-2)19-16(20-15)17(4,5)6/h13H,7-12H2,1-6H3,(H,18,19,20). The number of hydrogen-bond acceptors (Lipinski definition) is 4. The number of rotatable bonds is 8. The average Bonchev–Trinajstić information content (AvgIpc) is 2.45. The fourth-order valence-corrected chi connectivity index (χ4v) is 2.06. The van der Waals surface area contributed by atoms with Crippen LogP contribution in [0, 0.1) is 0 Å². The van der Waals surface area contributed by atoms with Crippen molar-refractivity contribution in [2.75, 3.05) is 29.9 Å². The summed E-state index contributed by atoms with van der Waals surface area (Å²) in [5.41, 5.74) is -0.0389. The molecule has 0 aliphatic carbocycles. The van der Waals surface area contributed by atoms with Crippen molar-refractivity contribution in [2.45, 2.75) is 66.2 Å². The van der Waals surface area contributed by atoms with Gasteiger partial charge < -0.3 is 10.2 Å². The van der Waals surface area contributed by atoms with Crippen LogP contribution >= 0.6 is 0 Å². The molecule has 0 aromatic carbocycles. The van der Waals surface area contributed by atoms with Crippen LogP contribution in [0.3, 0.4) is 0 Å². The Balaban J connectivity index is 3.10. The van der Waals surface area contributed by atoms with Crippen molar-refractivity contribution in [3.8, 4) is 0 Å². The molecule has 0 saturated carbocycles. The van der Waals surface area contributed by atoms with E-state index in [2.05, 4.69) is 57.8 Å². The Kier molecular flexibility index (Phi) is 6.93. The van der Waals surface area contributed by atoms with E-state index >= 15 is 0 Å². The summed E-state index contributed by atoms with van der Waals surface area (Å²) in [5, 5.41) is 3.40. The Hall–Kier alpha value is -1.32. The fourth-order valence-electron chi connectivity index (χ4n) is 2.06. The first kappa shape index (κ1) is 17.7. The molecule has 4 heteroatoms. The summed E-state index contributed by atoms with van der Waals surface area (Å²) < 4.78 is 0. The van der Waals surface area contributed by atoms with E-state index in [-0.39, 0.29) is 5.41 Å². The predicted molar refractivity (Wildman–Crippen MR) is 92.3 cm³/mol. The molecule has 1 aromatic rings. The van der Waals surface area contributed by atoms with Gasteiger partial charge in [0.2, 0.25) is 0 Å².